The number of nitrogens with zero attached hydrogens (tertiary/aromatic N) is 1. The molecule has 10 heteroatoms. The fourth-order valence-corrected chi connectivity index (χ4v) is 4.74. The number of carbonyl (C=O) groups excluding carboxylic acids is 1. The van der Waals surface area contributed by atoms with E-state index in [1.54, 1.807) is 18.2 Å². The highest BCUT2D eigenvalue weighted by atomic mass is 35.5. The van der Waals surface area contributed by atoms with Crippen LogP contribution in [-0.2, 0) is 21.0 Å². The van der Waals surface area contributed by atoms with Gasteiger partial charge in [-0.1, -0.05) is 23.7 Å². The second-order valence-electron chi connectivity index (χ2n) is 6.58. The molecule has 0 aromatic heterocycles. The summed E-state index contributed by atoms with van der Waals surface area (Å²) in [4.78, 5) is 11.9. The number of carbonyl (C=O) groups is 1. The lowest BCUT2D eigenvalue weighted by Gasteiger charge is -2.30. The molecular formula is C19H17ClF3NO4S. The Balaban J connectivity index is 1.66. The number of piperidine rings is 1. The quantitative estimate of drug-likeness (QED) is 0.516. The zero-order chi connectivity index (χ0) is 21.2. The minimum absolute atomic E-state index is 0.00783. The third-order valence-electron chi connectivity index (χ3n) is 4.60. The van der Waals surface area contributed by atoms with Crippen molar-refractivity contribution in [3.8, 4) is 5.75 Å². The van der Waals surface area contributed by atoms with E-state index in [1.165, 1.54) is 6.07 Å². The van der Waals surface area contributed by atoms with Gasteiger partial charge in [0.2, 0.25) is 10.0 Å². The lowest BCUT2D eigenvalue weighted by atomic mass is 9.98. The van der Waals surface area contributed by atoms with Gasteiger partial charge in [0.1, 0.15) is 5.75 Å². The first kappa shape index (κ1) is 21.6. The van der Waals surface area contributed by atoms with Crippen molar-refractivity contribution in [3.63, 3.8) is 0 Å². The van der Waals surface area contributed by atoms with E-state index in [4.69, 9.17) is 16.3 Å². The molecule has 0 saturated carbocycles. The van der Waals surface area contributed by atoms with Crippen LogP contribution in [0.3, 0.4) is 0 Å². The summed E-state index contributed by atoms with van der Waals surface area (Å²) in [6.45, 7) is 0.0157. The molecule has 0 unspecified atom stereocenters. The van der Waals surface area contributed by atoms with Gasteiger partial charge in [0, 0.05) is 18.1 Å². The number of esters is 1. The highest BCUT2D eigenvalue weighted by molar-refractivity contribution is 7.89. The molecule has 0 N–H and O–H groups in total. The lowest BCUT2D eigenvalue weighted by molar-refractivity contribution is -0.140. The molecule has 0 radical (unpaired) electrons. The molecule has 3 rings (SSSR count). The number of sulfonamides is 1. The SMILES string of the molecule is O=C(Oc1cccc(Cl)c1)C1CCN(S(=O)(=O)c2cccc(C(F)(F)F)c2)CC1. The van der Waals surface area contributed by atoms with Crippen LogP contribution >= 0.6 is 11.6 Å². The minimum Gasteiger partial charge on any atom is -0.426 e. The van der Waals surface area contributed by atoms with Crippen LogP contribution in [0.25, 0.3) is 0 Å². The Morgan fingerprint density at radius 1 is 1.07 bits per heavy atom. The summed E-state index contributed by atoms with van der Waals surface area (Å²) in [5, 5.41) is 0.414. The third kappa shape index (κ3) is 5.09. The molecule has 1 heterocycles. The van der Waals surface area contributed by atoms with Crippen LogP contribution in [0.15, 0.2) is 53.4 Å². The molecule has 0 atom stereocenters. The Bertz CT molecular complexity index is 1000. The molecule has 5 nitrogen and oxygen atoms in total. The zero-order valence-corrected chi connectivity index (χ0v) is 16.6. The van der Waals surface area contributed by atoms with Gasteiger partial charge in [-0.05, 0) is 49.2 Å². The Kier molecular flexibility index (Phi) is 6.21. The van der Waals surface area contributed by atoms with Crippen molar-refractivity contribution in [2.24, 2.45) is 5.92 Å². The summed E-state index contributed by atoms with van der Waals surface area (Å²) < 4.78 is 70.4. The van der Waals surface area contributed by atoms with E-state index in [1.807, 2.05) is 0 Å². The molecule has 0 aliphatic carbocycles. The maximum Gasteiger partial charge on any atom is 0.416 e. The summed E-state index contributed by atoms with van der Waals surface area (Å²) in [5.74, 6) is -0.716. The van der Waals surface area contributed by atoms with Gasteiger partial charge < -0.3 is 4.74 Å². The van der Waals surface area contributed by atoms with E-state index >= 15 is 0 Å². The highest BCUT2D eigenvalue weighted by Gasteiger charge is 2.35. The molecular weight excluding hydrogens is 431 g/mol. The molecule has 29 heavy (non-hydrogen) atoms. The molecule has 0 spiro atoms. The van der Waals surface area contributed by atoms with Crippen molar-refractivity contribution >= 4 is 27.6 Å². The molecule has 1 aliphatic rings. The molecule has 156 valence electrons. The average molecular weight is 448 g/mol. The summed E-state index contributed by atoms with van der Waals surface area (Å²) in [6.07, 6.45) is -4.22. The van der Waals surface area contributed by atoms with E-state index in [0.29, 0.717) is 16.8 Å². The van der Waals surface area contributed by atoms with E-state index in [0.717, 1.165) is 22.5 Å². The Morgan fingerprint density at radius 2 is 1.72 bits per heavy atom. The lowest BCUT2D eigenvalue weighted by Crippen LogP contribution is -2.41. The van der Waals surface area contributed by atoms with Crippen molar-refractivity contribution in [1.29, 1.82) is 0 Å². The Labute approximate surface area is 171 Å². The third-order valence-corrected chi connectivity index (χ3v) is 6.73. The van der Waals surface area contributed by atoms with Crippen LogP contribution in [0.5, 0.6) is 5.75 Å². The van der Waals surface area contributed by atoms with Gasteiger partial charge in [-0.25, -0.2) is 8.42 Å². The van der Waals surface area contributed by atoms with E-state index in [2.05, 4.69) is 0 Å². The van der Waals surface area contributed by atoms with Gasteiger partial charge in [-0.3, -0.25) is 4.79 Å². The van der Waals surface area contributed by atoms with Crippen molar-refractivity contribution in [3.05, 3.63) is 59.1 Å². The number of hydrogen-bond acceptors (Lipinski definition) is 4. The zero-order valence-electron chi connectivity index (χ0n) is 15.0. The van der Waals surface area contributed by atoms with E-state index in [-0.39, 0.29) is 25.9 Å². The number of halogens is 4. The number of ether oxygens (including phenoxy) is 1. The van der Waals surface area contributed by atoms with Crippen LogP contribution < -0.4 is 4.74 Å². The molecule has 1 saturated heterocycles. The second kappa shape index (κ2) is 8.33. The maximum absolute atomic E-state index is 12.9. The number of benzene rings is 2. The van der Waals surface area contributed by atoms with Crippen molar-refractivity contribution < 1.29 is 31.1 Å². The summed E-state index contributed by atoms with van der Waals surface area (Å²) in [5.41, 5.74) is -1.03. The van der Waals surface area contributed by atoms with Crippen molar-refractivity contribution in [2.45, 2.75) is 23.9 Å². The monoisotopic (exact) mass is 447 g/mol. The van der Waals surface area contributed by atoms with Gasteiger partial charge >= 0.3 is 12.1 Å². The van der Waals surface area contributed by atoms with Crippen LogP contribution in [0, 0.1) is 5.92 Å². The maximum atomic E-state index is 12.9. The van der Waals surface area contributed by atoms with Crippen LogP contribution in [0.1, 0.15) is 18.4 Å². The number of hydrogen-bond donors (Lipinski definition) is 0. The number of rotatable bonds is 4. The topological polar surface area (TPSA) is 63.7 Å². The van der Waals surface area contributed by atoms with Gasteiger partial charge in [0.05, 0.1) is 16.4 Å². The first-order valence-corrected chi connectivity index (χ1v) is 10.5. The predicted molar refractivity (Wildman–Crippen MR) is 100 cm³/mol. The first-order valence-electron chi connectivity index (χ1n) is 8.72. The fourth-order valence-electron chi connectivity index (χ4n) is 3.04. The normalized spacial score (nSPS) is 16.6. The molecule has 1 fully saturated rings. The first-order chi connectivity index (χ1) is 13.6. The van der Waals surface area contributed by atoms with Crippen molar-refractivity contribution in [1.82, 2.24) is 4.31 Å². The standard InChI is InChI=1S/C19H17ClF3NO4S/c20-15-4-2-5-16(12-15)28-18(25)13-7-9-24(10-8-13)29(26,27)17-6-1-3-14(11-17)19(21,22)23/h1-6,11-13H,7-10H2. The van der Waals surface area contributed by atoms with E-state index < -0.39 is 38.5 Å². The summed E-state index contributed by atoms with van der Waals surface area (Å²) >= 11 is 5.85. The summed E-state index contributed by atoms with van der Waals surface area (Å²) in [6, 6.07) is 9.97. The Hall–Kier alpha value is -2.10. The molecule has 0 amide bonds. The Morgan fingerprint density at radius 3 is 2.34 bits per heavy atom. The molecule has 1 aliphatic heterocycles. The largest absolute Gasteiger partial charge is 0.426 e. The fraction of sp³-hybridized carbons (Fsp3) is 0.316. The van der Waals surface area contributed by atoms with Crippen LogP contribution in [0.4, 0.5) is 13.2 Å². The average Bonchev–Trinajstić information content (AvgIpc) is 2.67. The molecule has 2 aromatic rings. The van der Waals surface area contributed by atoms with Crippen LogP contribution in [-0.4, -0.2) is 31.8 Å². The van der Waals surface area contributed by atoms with Gasteiger partial charge in [-0.15, -0.1) is 0 Å². The van der Waals surface area contributed by atoms with Crippen molar-refractivity contribution in [2.75, 3.05) is 13.1 Å². The minimum atomic E-state index is -4.64. The molecule has 2 aromatic carbocycles. The highest BCUT2D eigenvalue weighted by Crippen LogP contribution is 2.32. The number of alkyl halides is 3. The molecule has 0 bridgehead atoms. The smallest absolute Gasteiger partial charge is 0.416 e. The predicted octanol–water partition coefficient (Wildman–Crippen LogP) is 4.37. The summed E-state index contributed by atoms with van der Waals surface area (Å²) in [7, 11) is -4.09. The van der Waals surface area contributed by atoms with Gasteiger partial charge in [-0.2, -0.15) is 17.5 Å². The van der Waals surface area contributed by atoms with Gasteiger partial charge in [0.25, 0.3) is 0 Å². The van der Waals surface area contributed by atoms with E-state index in [9.17, 15) is 26.4 Å². The van der Waals surface area contributed by atoms with Crippen LogP contribution in [0.2, 0.25) is 5.02 Å². The second-order valence-corrected chi connectivity index (χ2v) is 8.96. The van der Waals surface area contributed by atoms with Gasteiger partial charge in [0.15, 0.2) is 0 Å².